The number of hydrogen-bond acceptors (Lipinski definition) is 4. The molecule has 4 atom stereocenters. The first-order chi connectivity index (χ1) is 11.2. The quantitative estimate of drug-likeness (QED) is 0.791. The van der Waals surface area contributed by atoms with Crippen molar-refractivity contribution in [3.63, 3.8) is 0 Å². The predicted octanol–water partition coefficient (Wildman–Crippen LogP) is 2.06. The van der Waals surface area contributed by atoms with E-state index in [1.54, 1.807) is 7.11 Å². The normalized spacial score (nSPS) is 27.1. The van der Waals surface area contributed by atoms with E-state index in [0.29, 0.717) is 13.0 Å². The topological polar surface area (TPSA) is 61.7 Å². The number of ether oxygens (including phenoxy) is 1. The number of rotatable bonds is 5. The van der Waals surface area contributed by atoms with Gasteiger partial charge in [-0.15, -0.1) is 0 Å². The van der Waals surface area contributed by atoms with Gasteiger partial charge in [0.15, 0.2) is 0 Å². The van der Waals surface area contributed by atoms with Crippen molar-refractivity contribution >= 4 is 0 Å². The Labute approximate surface area is 136 Å². The van der Waals surface area contributed by atoms with Crippen LogP contribution in [0.4, 0.5) is 0 Å². The fourth-order valence-corrected chi connectivity index (χ4v) is 3.31. The Hall–Kier alpha value is -1.88. The maximum Gasteiger partial charge on any atom is 0.118 e. The Bertz CT molecular complexity index is 614. The largest absolute Gasteiger partial charge is 0.497 e. The first-order valence-electron chi connectivity index (χ1n) is 7.96. The van der Waals surface area contributed by atoms with Crippen molar-refractivity contribution in [2.45, 2.75) is 37.1 Å². The molecule has 0 amide bonds. The summed E-state index contributed by atoms with van der Waals surface area (Å²) in [6, 6.07) is 17.8. The molecule has 1 fully saturated rings. The minimum Gasteiger partial charge on any atom is -0.497 e. The Morgan fingerprint density at radius 2 is 1.74 bits per heavy atom. The number of aliphatic hydroxyl groups excluding tert-OH is 2. The number of methoxy groups -OCH3 is 1. The lowest BCUT2D eigenvalue weighted by atomic mass is 9.93. The summed E-state index contributed by atoms with van der Waals surface area (Å²) < 4.78 is 5.19. The second kappa shape index (κ2) is 7.13. The van der Waals surface area contributed by atoms with Crippen molar-refractivity contribution in [2.24, 2.45) is 0 Å². The lowest BCUT2D eigenvalue weighted by molar-refractivity contribution is 0.0297. The summed E-state index contributed by atoms with van der Waals surface area (Å²) in [6.45, 7) is 0.669. The Morgan fingerprint density at radius 1 is 1.04 bits per heavy atom. The fraction of sp³-hybridized carbons (Fsp3) is 0.368. The Balaban J connectivity index is 1.74. The smallest absolute Gasteiger partial charge is 0.118 e. The molecule has 3 rings (SSSR count). The third-order valence-electron chi connectivity index (χ3n) is 4.62. The third kappa shape index (κ3) is 3.55. The van der Waals surface area contributed by atoms with Crippen LogP contribution in [0.1, 0.15) is 23.5 Å². The average molecular weight is 313 g/mol. The van der Waals surface area contributed by atoms with Crippen molar-refractivity contribution in [1.82, 2.24) is 5.32 Å². The van der Waals surface area contributed by atoms with Crippen LogP contribution in [-0.4, -0.2) is 35.6 Å². The molecule has 122 valence electrons. The number of benzene rings is 2. The summed E-state index contributed by atoms with van der Waals surface area (Å²) in [5.41, 5.74) is 2.27. The zero-order chi connectivity index (χ0) is 16.2. The Kier molecular flexibility index (Phi) is 4.96. The van der Waals surface area contributed by atoms with Crippen molar-refractivity contribution in [3.8, 4) is 5.75 Å². The van der Waals surface area contributed by atoms with Gasteiger partial charge in [0.25, 0.3) is 0 Å². The molecule has 2 aromatic rings. The van der Waals surface area contributed by atoms with E-state index in [4.69, 9.17) is 4.74 Å². The standard InChI is InChI=1S/C19H23NO3/c1-23-15-9-7-14(8-10-15)16-11-17(21)19(22)18(16)20-12-13-5-3-2-4-6-13/h2-10,16-22H,11-12H2,1H3/t16-,17-,18-,19-/m1/s1. The predicted molar refractivity (Wildman–Crippen MR) is 89.4 cm³/mol. The summed E-state index contributed by atoms with van der Waals surface area (Å²) in [7, 11) is 1.64. The van der Waals surface area contributed by atoms with Gasteiger partial charge in [-0.25, -0.2) is 0 Å². The lowest BCUT2D eigenvalue weighted by Crippen LogP contribution is -2.41. The average Bonchev–Trinajstić information content (AvgIpc) is 2.89. The zero-order valence-electron chi connectivity index (χ0n) is 13.2. The minimum atomic E-state index is -0.759. The van der Waals surface area contributed by atoms with E-state index in [1.807, 2.05) is 54.6 Å². The monoisotopic (exact) mass is 313 g/mol. The van der Waals surface area contributed by atoms with Crippen molar-refractivity contribution < 1.29 is 14.9 Å². The molecule has 1 aliphatic rings. The molecular formula is C19H23NO3. The van der Waals surface area contributed by atoms with E-state index in [0.717, 1.165) is 16.9 Å². The van der Waals surface area contributed by atoms with Gasteiger partial charge in [-0.2, -0.15) is 0 Å². The van der Waals surface area contributed by atoms with E-state index in [9.17, 15) is 10.2 Å². The molecule has 1 saturated carbocycles. The second-order valence-corrected chi connectivity index (χ2v) is 6.07. The van der Waals surface area contributed by atoms with E-state index >= 15 is 0 Å². The highest BCUT2D eigenvalue weighted by Gasteiger charge is 2.41. The molecule has 0 bridgehead atoms. The van der Waals surface area contributed by atoms with Gasteiger partial charge in [0.1, 0.15) is 5.75 Å². The number of nitrogens with one attached hydrogen (secondary N) is 1. The van der Waals surface area contributed by atoms with Gasteiger partial charge in [-0.1, -0.05) is 42.5 Å². The first-order valence-corrected chi connectivity index (χ1v) is 7.96. The summed E-state index contributed by atoms with van der Waals surface area (Å²) in [6.07, 6.45) is -0.902. The molecule has 0 saturated heterocycles. The number of hydrogen-bond donors (Lipinski definition) is 3. The molecule has 0 aromatic heterocycles. The molecule has 3 N–H and O–H groups in total. The molecule has 4 heteroatoms. The highest BCUT2D eigenvalue weighted by molar-refractivity contribution is 5.32. The zero-order valence-corrected chi connectivity index (χ0v) is 13.2. The molecule has 0 radical (unpaired) electrons. The molecule has 0 spiro atoms. The van der Waals surface area contributed by atoms with E-state index in [2.05, 4.69) is 5.32 Å². The lowest BCUT2D eigenvalue weighted by Gasteiger charge is -2.24. The van der Waals surface area contributed by atoms with Gasteiger partial charge in [-0.3, -0.25) is 0 Å². The van der Waals surface area contributed by atoms with Gasteiger partial charge >= 0.3 is 0 Å². The first kappa shape index (κ1) is 16.0. The summed E-state index contributed by atoms with van der Waals surface area (Å²) in [5, 5.41) is 23.8. The minimum absolute atomic E-state index is 0.0784. The van der Waals surface area contributed by atoms with Gasteiger partial charge in [-0.05, 0) is 29.7 Å². The van der Waals surface area contributed by atoms with Crippen molar-refractivity contribution in [2.75, 3.05) is 7.11 Å². The molecular weight excluding hydrogens is 290 g/mol. The molecule has 2 aromatic carbocycles. The summed E-state index contributed by atoms with van der Waals surface area (Å²) >= 11 is 0. The van der Waals surface area contributed by atoms with Gasteiger partial charge < -0.3 is 20.3 Å². The molecule has 0 unspecified atom stereocenters. The molecule has 23 heavy (non-hydrogen) atoms. The second-order valence-electron chi connectivity index (χ2n) is 6.07. The van der Waals surface area contributed by atoms with Crippen LogP contribution in [0.3, 0.4) is 0 Å². The SMILES string of the molecule is COc1ccc([C@H]2C[C@@H](O)[C@@H](O)[C@@H]2NCc2ccccc2)cc1. The molecule has 1 aliphatic carbocycles. The van der Waals surface area contributed by atoms with E-state index < -0.39 is 12.2 Å². The van der Waals surface area contributed by atoms with E-state index in [1.165, 1.54) is 0 Å². The van der Waals surface area contributed by atoms with Gasteiger partial charge in [0.05, 0.1) is 19.3 Å². The van der Waals surface area contributed by atoms with Crippen LogP contribution in [0.5, 0.6) is 5.75 Å². The van der Waals surface area contributed by atoms with Crippen LogP contribution in [0, 0.1) is 0 Å². The van der Waals surface area contributed by atoms with Crippen LogP contribution >= 0.6 is 0 Å². The van der Waals surface area contributed by atoms with Crippen LogP contribution in [0.15, 0.2) is 54.6 Å². The van der Waals surface area contributed by atoms with Crippen molar-refractivity contribution in [1.29, 1.82) is 0 Å². The maximum atomic E-state index is 10.3. The van der Waals surface area contributed by atoms with Crippen LogP contribution in [-0.2, 0) is 6.54 Å². The van der Waals surface area contributed by atoms with Gasteiger partial charge in [0.2, 0.25) is 0 Å². The van der Waals surface area contributed by atoms with E-state index in [-0.39, 0.29) is 12.0 Å². The highest BCUT2D eigenvalue weighted by Crippen LogP contribution is 2.36. The molecule has 0 heterocycles. The fourth-order valence-electron chi connectivity index (χ4n) is 3.31. The van der Waals surface area contributed by atoms with Crippen LogP contribution in [0.2, 0.25) is 0 Å². The summed E-state index contributed by atoms with van der Waals surface area (Å²) in [4.78, 5) is 0. The molecule has 0 aliphatic heterocycles. The molecule has 4 nitrogen and oxygen atoms in total. The Morgan fingerprint density at radius 3 is 2.39 bits per heavy atom. The highest BCUT2D eigenvalue weighted by atomic mass is 16.5. The number of aliphatic hydroxyl groups is 2. The van der Waals surface area contributed by atoms with Crippen LogP contribution in [0.25, 0.3) is 0 Å². The van der Waals surface area contributed by atoms with Gasteiger partial charge in [0, 0.05) is 18.5 Å². The third-order valence-corrected chi connectivity index (χ3v) is 4.62. The maximum absolute atomic E-state index is 10.3. The van der Waals surface area contributed by atoms with Crippen molar-refractivity contribution in [3.05, 3.63) is 65.7 Å². The van der Waals surface area contributed by atoms with Crippen LogP contribution < -0.4 is 10.1 Å². The summed E-state index contributed by atoms with van der Waals surface area (Å²) in [5.74, 6) is 0.885.